The number of carbonyl (C=O) groups excluding carboxylic acids is 3. The summed E-state index contributed by atoms with van der Waals surface area (Å²) in [6, 6.07) is 20.6. The average Bonchev–Trinajstić information content (AvgIpc) is 3.33. The molecule has 0 unspecified atom stereocenters. The topological polar surface area (TPSA) is 119 Å². The van der Waals surface area contributed by atoms with E-state index in [0.717, 1.165) is 22.6 Å². The smallest absolute Gasteiger partial charge is 0.380 e. The molecule has 2 aromatic carbocycles. The Morgan fingerprint density at radius 1 is 0.919 bits per heavy atom. The molecule has 0 radical (unpaired) electrons. The summed E-state index contributed by atoms with van der Waals surface area (Å²) in [5.41, 5.74) is 4.30. The molecule has 0 atom stereocenters. The van der Waals surface area contributed by atoms with Gasteiger partial charge in [0.25, 0.3) is 11.7 Å². The molecule has 0 aliphatic carbocycles. The first kappa shape index (κ1) is 25.1. The molecule has 1 N–H and O–H groups in total. The first-order valence-electron chi connectivity index (χ1n) is 11.5. The van der Waals surface area contributed by atoms with E-state index in [1.807, 2.05) is 67.6 Å². The van der Waals surface area contributed by atoms with Gasteiger partial charge in [0, 0.05) is 11.4 Å². The van der Waals surface area contributed by atoms with Crippen LogP contribution in [0.2, 0.25) is 0 Å². The van der Waals surface area contributed by atoms with Crippen LogP contribution in [0.15, 0.2) is 60.7 Å². The number of anilines is 1. The number of hydrogen-bond donors (Lipinski definition) is 1. The van der Waals surface area contributed by atoms with E-state index in [1.165, 1.54) is 0 Å². The van der Waals surface area contributed by atoms with Crippen LogP contribution in [-0.2, 0) is 14.3 Å². The zero-order valence-electron chi connectivity index (χ0n) is 20.9. The van der Waals surface area contributed by atoms with E-state index in [4.69, 9.17) is 4.74 Å². The predicted octanol–water partition coefficient (Wildman–Crippen LogP) is 4.13. The second kappa shape index (κ2) is 10.3. The van der Waals surface area contributed by atoms with Gasteiger partial charge in [0.15, 0.2) is 6.61 Å². The number of nitrogens with zero attached hydrogens (tertiary/aromatic N) is 4. The summed E-state index contributed by atoms with van der Waals surface area (Å²) in [5.74, 6) is -2.46. The van der Waals surface area contributed by atoms with Crippen LogP contribution >= 0.6 is 0 Å². The van der Waals surface area contributed by atoms with Crippen molar-refractivity contribution in [3.05, 3.63) is 94.4 Å². The SMILES string of the molecule is Cc1nn(-c2ccccc2)c(C)c1C(=O)C(=O)OCC(=O)Nc1c(C#N)c(C)c(C)n1-c1ccccc1. The van der Waals surface area contributed by atoms with E-state index < -0.39 is 24.3 Å². The Kier molecular flexibility index (Phi) is 7.02. The maximum absolute atomic E-state index is 12.9. The number of nitrogens with one attached hydrogen (secondary N) is 1. The molecule has 0 fully saturated rings. The third-order valence-corrected chi connectivity index (χ3v) is 6.14. The molecular formula is C28H25N5O4. The number of ether oxygens (including phenoxy) is 1. The lowest BCUT2D eigenvalue weighted by Gasteiger charge is -2.13. The van der Waals surface area contributed by atoms with E-state index >= 15 is 0 Å². The summed E-state index contributed by atoms with van der Waals surface area (Å²) in [6.07, 6.45) is 0. The number of nitriles is 1. The van der Waals surface area contributed by atoms with Crippen molar-refractivity contribution < 1.29 is 19.1 Å². The number of esters is 1. The van der Waals surface area contributed by atoms with Crippen LogP contribution < -0.4 is 5.32 Å². The lowest BCUT2D eigenvalue weighted by atomic mass is 10.1. The van der Waals surface area contributed by atoms with Gasteiger partial charge in [-0.1, -0.05) is 36.4 Å². The number of amides is 1. The van der Waals surface area contributed by atoms with Gasteiger partial charge >= 0.3 is 5.97 Å². The van der Waals surface area contributed by atoms with Crippen molar-refractivity contribution >= 4 is 23.5 Å². The Hall–Kier alpha value is -4.97. The van der Waals surface area contributed by atoms with Crippen LogP contribution in [-0.4, -0.2) is 38.6 Å². The Bertz CT molecular complexity index is 1540. The van der Waals surface area contributed by atoms with Crippen LogP contribution in [0.5, 0.6) is 0 Å². The predicted molar refractivity (Wildman–Crippen MR) is 137 cm³/mol. The highest BCUT2D eigenvalue weighted by Gasteiger charge is 2.27. The van der Waals surface area contributed by atoms with Crippen molar-refractivity contribution in [3.63, 3.8) is 0 Å². The maximum Gasteiger partial charge on any atom is 0.380 e. The van der Waals surface area contributed by atoms with Gasteiger partial charge in [-0.25, -0.2) is 9.48 Å². The monoisotopic (exact) mass is 495 g/mol. The van der Waals surface area contributed by atoms with Crippen molar-refractivity contribution in [2.45, 2.75) is 27.7 Å². The van der Waals surface area contributed by atoms with Crippen LogP contribution in [0.3, 0.4) is 0 Å². The van der Waals surface area contributed by atoms with Crippen LogP contribution in [0.1, 0.15) is 38.6 Å². The molecule has 186 valence electrons. The molecular weight excluding hydrogens is 470 g/mol. The van der Waals surface area contributed by atoms with E-state index in [0.29, 0.717) is 17.0 Å². The lowest BCUT2D eigenvalue weighted by molar-refractivity contribution is -0.142. The van der Waals surface area contributed by atoms with Crippen LogP contribution in [0.25, 0.3) is 11.4 Å². The normalized spacial score (nSPS) is 10.6. The summed E-state index contributed by atoms with van der Waals surface area (Å²) >= 11 is 0. The van der Waals surface area contributed by atoms with Crippen molar-refractivity contribution in [1.29, 1.82) is 5.26 Å². The van der Waals surface area contributed by atoms with Crippen LogP contribution in [0, 0.1) is 39.0 Å². The Balaban J connectivity index is 1.50. The fraction of sp³-hybridized carbons (Fsp3) is 0.179. The molecule has 2 heterocycles. The van der Waals surface area contributed by atoms with Gasteiger partial charge < -0.3 is 10.1 Å². The van der Waals surface area contributed by atoms with Gasteiger partial charge in [0.1, 0.15) is 11.9 Å². The standard InChI is InChI=1S/C28H25N5O4/c1-17-19(3)32(21-11-7-5-8-12-21)27(23(17)15-29)30-24(34)16-37-28(36)26(35)25-18(2)31-33(20(25)4)22-13-9-6-10-14-22/h5-14H,16H2,1-4H3,(H,30,34). The van der Waals surface area contributed by atoms with Gasteiger partial charge in [-0.3, -0.25) is 14.2 Å². The zero-order chi connectivity index (χ0) is 26.7. The molecule has 0 aliphatic rings. The van der Waals surface area contributed by atoms with Gasteiger partial charge in [0.05, 0.1) is 28.2 Å². The number of aromatic nitrogens is 3. The summed E-state index contributed by atoms with van der Waals surface area (Å²) < 4.78 is 8.37. The number of rotatable bonds is 7. The van der Waals surface area contributed by atoms with E-state index in [-0.39, 0.29) is 11.4 Å². The second-order valence-corrected chi connectivity index (χ2v) is 8.46. The largest absolute Gasteiger partial charge is 0.450 e. The molecule has 0 bridgehead atoms. The molecule has 1 amide bonds. The number of Topliss-reactive ketones (excluding diaryl/α,β-unsaturated/α-hetero) is 1. The zero-order valence-corrected chi connectivity index (χ0v) is 20.9. The molecule has 0 spiro atoms. The van der Waals surface area contributed by atoms with Gasteiger partial charge in [-0.05, 0) is 57.5 Å². The molecule has 0 saturated heterocycles. The summed E-state index contributed by atoms with van der Waals surface area (Å²) in [4.78, 5) is 38.2. The fourth-order valence-electron chi connectivity index (χ4n) is 4.22. The third kappa shape index (κ3) is 4.77. The van der Waals surface area contributed by atoms with E-state index in [9.17, 15) is 19.6 Å². The van der Waals surface area contributed by atoms with Gasteiger partial charge in [0.2, 0.25) is 0 Å². The van der Waals surface area contributed by atoms with E-state index in [1.54, 1.807) is 30.0 Å². The number of hydrogen-bond acceptors (Lipinski definition) is 6. The lowest BCUT2D eigenvalue weighted by Crippen LogP contribution is -2.26. The first-order valence-corrected chi connectivity index (χ1v) is 11.5. The van der Waals surface area contributed by atoms with Crippen molar-refractivity contribution in [3.8, 4) is 17.4 Å². The molecule has 2 aromatic heterocycles. The summed E-state index contributed by atoms with van der Waals surface area (Å²) in [5, 5.41) is 16.7. The van der Waals surface area contributed by atoms with Crippen LogP contribution in [0.4, 0.5) is 5.82 Å². The first-order chi connectivity index (χ1) is 17.7. The number of aryl methyl sites for hydroxylation is 1. The highest BCUT2D eigenvalue weighted by atomic mass is 16.5. The summed E-state index contributed by atoms with van der Waals surface area (Å²) in [7, 11) is 0. The summed E-state index contributed by atoms with van der Waals surface area (Å²) in [6.45, 7) is 6.26. The highest BCUT2D eigenvalue weighted by molar-refractivity contribution is 6.41. The number of benzene rings is 2. The minimum Gasteiger partial charge on any atom is -0.450 e. The van der Waals surface area contributed by atoms with Crippen molar-refractivity contribution in [2.75, 3.05) is 11.9 Å². The highest BCUT2D eigenvalue weighted by Crippen LogP contribution is 2.30. The van der Waals surface area contributed by atoms with Crippen molar-refractivity contribution in [1.82, 2.24) is 14.3 Å². The molecule has 4 aromatic rings. The molecule has 9 heteroatoms. The Labute approximate surface area is 213 Å². The minimum absolute atomic E-state index is 0.130. The Morgan fingerprint density at radius 3 is 2.11 bits per heavy atom. The Morgan fingerprint density at radius 2 is 1.51 bits per heavy atom. The second-order valence-electron chi connectivity index (χ2n) is 8.46. The quantitative estimate of drug-likeness (QED) is 0.234. The van der Waals surface area contributed by atoms with Crippen molar-refractivity contribution in [2.24, 2.45) is 0 Å². The molecule has 37 heavy (non-hydrogen) atoms. The molecule has 9 nitrogen and oxygen atoms in total. The van der Waals surface area contributed by atoms with E-state index in [2.05, 4.69) is 16.5 Å². The maximum atomic E-state index is 12.9. The third-order valence-electron chi connectivity index (χ3n) is 6.14. The molecule has 0 saturated carbocycles. The molecule has 4 rings (SSSR count). The number of ketones is 1. The number of carbonyl (C=O) groups is 3. The van der Waals surface area contributed by atoms with Gasteiger partial charge in [-0.15, -0.1) is 0 Å². The number of para-hydroxylation sites is 2. The van der Waals surface area contributed by atoms with Gasteiger partial charge in [-0.2, -0.15) is 10.4 Å². The average molecular weight is 496 g/mol. The molecule has 0 aliphatic heterocycles. The minimum atomic E-state index is -1.17. The fourth-order valence-corrected chi connectivity index (χ4v) is 4.22.